The van der Waals surface area contributed by atoms with E-state index in [1.807, 2.05) is 6.20 Å². The van der Waals surface area contributed by atoms with Gasteiger partial charge in [0.2, 0.25) is 0 Å². The van der Waals surface area contributed by atoms with Gasteiger partial charge in [-0.2, -0.15) is 0 Å². The van der Waals surface area contributed by atoms with Crippen molar-refractivity contribution in [2.75, 3.05) is 12.8 Å². The molecule has 1 heterocycles. The van der Waals surface area contributed by atoms with Crippen molar-refractivity contribution in [2.45, 2.75) is 30.7 Å². The van der Waals surface area contributed by atoms with Crippen molar-refractivity contribution in [2.24, 2.45) is 0 Å². The molecule has 0 saturated carbocycles. The van der Waals surface area contributed by atoms with Crippen LogP contribution in [0.4, 0.5) is 0 Å². The van der Waals surface area contributed by atoms with E-state index in [1.54, 1.807) is 11.8 Å². The molecule has 0 fully saturated rings. The number of benzene rings is 1. The Morgan fingerprint density at radius 1 is 1.24 bits per heavy atom. The number of nitrogens with zero attached hydrogens (tertiary/aromatic N) is 1. The highest BCUT2D eigenvalue weighted by Gasteiger charge is 2.15. The van der Waals surface area contributed by atoms with Crippen molar-refractivity contribution in [1.29, 1.82) is 0 Å². The minimum atomic E-state index is 0.308. The molecule has 0 aliphatic carbocycles. The second-order valence-electron chi connectivity index (χ2n) is 4.92. The first-order valence-electron chi connectivity index (χ1n) is 7.21. The molecular formula is C17H21BrN2S. The standard InChI is InChI=1S/C17H21BrN2S/c1-3-10-19-16(11-14-9-8-13(18)12-20-14)15-6-4-5-7-17(15)21-2/h4-9,12,16,19H,3,10-11H2,1-2H3. The van der Waals surface area contributed by atoms with Gasteiger partial charge in [-0.1, -0.05) is 25.1 Å². The molecule has 1 aromatic carbocycles. The largest absolute Gasteiger partial charge is 0.310 e. The minimum Gasteiger partial charge on any atom is -0.310 e. The molecular weight excluding hydrogens is 344 g/mol. The summed E-state index contributed by atoms with van der Waals surface area (Å²) in [7, 11) is 0. The molecule has 1 atom stereocenters. The van der Waals surface area contributed by atoms with Gasteiger partial charge in [0.05, 0.1) is 0 Å². The molecule has 21 heavy (non-hydrogen) atoms. The molecule has 0 radical (unpaired) electrons. The lowest BCUT2D eigenvalue weighted by Gasteiger charge is -2.21. The van der Waals surface area contributed by atoms with Crippen LogP contribution >= 0.6 is 27.7 Å². The zero-order valence-corrected chi connectivity index (χ0v) is 14.9. The van der Waals surface area contributed by atoms with E-state index in [0.29, 0.717) is 6.04 Å². The smallest absolute Gasteiger partial charge is 0.0423 e. The Labute approximate surface area is 139 Å². The predicted molar refractivity (Wildman–Crippen MR) is 94.9 cm³/mol. The molecule has 1 unspecified atom stereocenters. The van der Waals surface area contributed by atoms with Crippen LogP contribution in [-0.2, 0) is 6.42 Å². The summed E-state index contributed by atoms with van der Waals surface area (Å²) < 4.78 is 1.02. The maximum absolute atomic E-state index is 4.51. The van der Waals surface area contributed by atoms with Crippen LogP contribution in [0.1, 0.15) is 30.6 Å². The lowest BCUT2D eigenvalue weighted by Crippen LogP contribution is -2.25. The summed E-state index contributed by atoms with van der Waals surface area (Å²) in [4.78, 5) is 5.85. The highest BCUT2D eigenvalue weighted by Crippen LogP contribution is 2.28. The number of thioether (sulfide) groups is 1. The first-order chi connectivity index (χ1) is 10.2. The lowest BCUT2D eigenvalue weighted by atomic mass is 10.0. The van der Waals surface area contributed by atoms with Crippen LogP contribution in [0, 0.1) is 0 Å². The average Bonchev–Trinajstić information content (AvgIpc) is 2.53. The van der Waals surface area contributed by atoms with Gasteiger partial charge in [-0.25, -0.2) is 0 Å². The highest BCUT2D eigenvalue weighted by molar-refractivity contribution is 9.10. The van der Waals surface area contributed by atoms with Crippen molar-refractivity contribution in [3.8, 4) is 0 Å². The fraction of sp³-hybridized carbons (Fsp3) is 0.353. The second kappa shape index (κ2) is 8.57. The number of aromatic nitrogens is 1. The molecule has 0 bridgehead atoms. The average molecular weight is 365 g/mol. The number of hydrogen-bond acceptors (Lipinski definition) is 3. The Hall–Kier alpha value is -0.840. The molecule has 2 rings (SSSR count). The van der Waals surface area contributed by atoms with Crippen molar-refractivity contribution < 1.29 is 0 Å². The quantitative estimate of drug-likeness (QED) is 0.710. The first kappa shape index (κ1) is 16.5. The van der Waals surface area contributed by atoms with Crippen molar-refractivity contribution in [3.05, 3.63) is 58.3 Å². The second-order valence-corrected chi connectivity index (χ2v) is 6.68. The number of halogens is 1. The summed E-state index contributed by atoms with van der Waals surface area (Å²) in [5, 5.41) is 3.66. The Balaban J connectivity index is 2.23. The van der Waals surface area contributed by atoms with E-state index in [9.17, 15) is 0 Å². The maximum atomic E-state index is 4.51. The van der Waals surface area contributed by atoms with Crippen LogP contribution in [0.3, 0.4) is 0 Å². The van der Waals surface area contributed by atoms with Crippen LogP contribution < -0.4 is 5.32 Å². The Kier molecular flexibility index (Phi) is 6.74. The minimum absolute atomic E-state index is 0.308. The third kappa shape index (κ3) is 4.83. The van der Waals surface area contributed by atoms with Gasteiger partial charge in [0, 0.05) is 33.7 Å². The van der Waals surface area contributed by atoms with Gasteiger partial charge in [0.1, 0.15) is 0 Å². The van der Waals surface area contributed by atoms with Crippen LogP contribution in [0.5, 0.6) is 0 Å². The van der Waals surface area contributed by atoms with E-state index in [1.165, 1.54) is 10.5 Å². The van der Waals surface area contributed by atoms with Crippen LogP contribution in [0.2, 0.25) is 0 Å². The van der Waals surface area contributed by atoms with Gasteiger partial charge in [-0.15, -0.1) is 11.8 Å². The predicted octanol–water partition coefficient (Wildman–Crippen LogP) is 4.85. The molecule has 1 aromatic heterocycles. The monoisotopic (exact) mass is 364 g/mol. The molecule has 112 valence electrons. The molecule has 0 aliphatic rings. The highest BCUT2D eigenvalue weighted by atomic mass is 79.9. The zero-order valence-electron chi connectivity index (χ0n) is 12.5. The van der Waals surface area contributed by atoms with E-state index in [-0.39, 0.29) is 0 Å². The van der Waals surface area contributed by atoms with Gasteiger partial charge < -0.3 is 5.32 Å². The lowest BCUT2D eigenvalue weighted by molar-refractivity contribution is 0.518. The van der Waals surface area contributed by atoms with E-state index in [4.69, 9.17) is 0 Å². The Morgan fingerprint density at radius 2 is 2.05 bits per heavy atom. The topological polar surface area (TPSA) is 24.9 Å². The Morgan fingerprint density at radius 3 is 2.71 bits per heavy atom. The number of pyridine rings is 1. The SMILES string of the molecule is CCCNC(Cc1ccc(Br)cn1)c1ccccc1SC. The van der Waals surface area contributed by atoms with Gasteiger partial charge >= 0.3 is 0 Å². The van der Waals surface area contributed by atoms with Gasteiger partial charge in [0.15, 0.2) is 0 Å². The normalized spacial score (nSPS) is 12.3. The third-order valence-corrected chi connectivity index (χ3v) is 4.64. The molecule has 0 spiro atoms. The molecule has 1 N–H and O–H groups in total. The van der Waals surface area contributed by atoms with Gasteiger partial charge in [-0.05, 0) is 58.9 Å². The van der Waals surface area contributed by atoms with Crippen molar-refractivity contribution in [3.63, 3.8) is 0 Å². The molecule has 2 nitrogen and oxygen atoms in total. The fourth-order valence-corrected chi connectivity index (χ4v) is 3.20. The first-order valence-corrected chi connectivity index (χ1v) is 9.23. The van der Waals surface area contributed by atoms with E-state index >= 15 is 0 Å². The fourth-order valence-electron chi connectivity index (χ4n) is 2.30. The Bertz CT molecular complexity index is 557. The molecule has 0 saturated heterocycles. The molecule has 0 aliphatic heterocycles. The van der Waals surface area contributed by atoms with E-state index in [0.717, 1.165) is 29.6 Å². The molecule has 4 heteroatoms. The number of hydrogen-bond donors (Lipinski definition) is 1. The number of nitrogens with one attached hydrogen (secondary N) is 1. The van der Waals surface area contributed by atoms with Gasteiger partial charge in [0.25, 0.3) is 0 Å². The summed E-state index contributed by atoms with van der Waals surface area (Å²) in [6.07, 6.45) is 6.04. The number of rotatable bonds is 7. The van der Waals surface area contributed by atoms with Crippen LogP contribution in [-0.4, -0.2) is 17.8 Å². The summed E-state index contributed by atoms with van der Waals surface area (Å²) in [5.74, 6) is 0. The molecule has 2 aromatic rings. The third-order valence-electron chi connectivity index (χ3n) is 3.36. The van der Waals surface area contributed by atoms with E-state index < -0.39 is 0 Å². The van der Waals surface area contributed by atoms with Crippen molar-refractivity contribution >= 4 is 27.7 Å². The van der Waals surface area contributed by atoms with E-state index in [2.05, 4.69) is 75.8 Å². The summed E-state index contributed by atoms with van der Waals surface area (Å²) in [6, 6.07) is 13.1. The summed E-state index contributed by atoms with van der Waals surface area (Å²) in [5.41, 5.74) is 2.48. The summed E-state index contributed by atoms with van der Waals surface area (Å²) in [6.45, 7) is 3.21. The molecule has 0 amide bonds. The zero-order chi connectivity index (χ0) is 15.1. The van der Waals surface area contributed by atoms with Crippen molar-refractivity contribution in [1.82, 2.24) is 10.3 Å². The van der Waals surface area contributed by atoms with Crippen LogP contribution in [0.15, 0.2) is 52.0 Å². The van der Waals surface area contributed by atoms with Gasteiger partial charge in [-0.3, -0.25) is 4.98 Å². The maximum Gasteiger partial charge on any atom is 0.0423 e. The van der Waals surface area contributed by atoms with Crippen LogP contribution in [0.25, 0.3) is 0 Å². The summed E-state index contributed by atoms with van der Waals surface area (Å²) >= 11 is 5.24.